The van der Waals surface area contributed by atoms with Gasteiger partial charge in [0, 0.05) is 11.4 Å². The van der Waals surface area contributed by atoms with Crippen molar-refractivity contribution in [2.75, 3.05) is 17.7 Å². The Morgan fingerprint density at radius 2 is 1.88 bits per heavy atom. The van der Waals surface area contributed by atoms with Crippen LogP contribution >= 0.6 is 0 Å². The lowest BCUT2D eigenvalue weighted by Crippen LogP contribution is -2.30. The number of amides is 1. The van der Waals surface area contributed by atoms with Crippen LogP contribution in [0.5, 0.6) is 5.75 Å². The molecule has 7 heteroatoms. The maximum atomic E-state index is 13.0. The molecule has 0 aliphatic heterocycles. The molecule has 0 fully saturated rings. The van der Waals surface area contributed by atoms with Gasteiger partial charge in [0.1, 0.15) is 11.6 Å². The number of nitrogen functional groups attached to an aromatic ring is 1. The van der Waals surface area contributed by atoms with E-state index in [0.717, 1.165) is 12.1 Å². The lowest BCUT2D eigenvalue weighted by Gasteiger charge is -2.14. The van der Waals surface area contributed by atoms with Gasteiger partial charge in [0.25, 0.3) is 5.91 Å². The molecule has 0 bridgehead atoms. The van der Waals surface area contributed by atoms with E-state index in [0.29, 0.717) is 18.0 Å². The van der Waals surface area contributed by atoms with Gasteiger partial charge in [0.05, 0.1) is 12.2 Å². The number of hydrogen-bond acceptors (Lipinski definition) is 5. The van der Waals surface area contributed by atoms with E-state index >= 15 is 0 Å². The van der Waals surface area contributed by atoms with Crippen LogP contribution in [-0.2, 0) is 9.53 Å². The number of halogens is 1. The Morgan fingerprint density at radius 3 is 2.48 bits per heavy atom. The summed E-state index contributed by atoms with van der Waals surface area (Å²) in [4.78, 5) is 24.2. The highest BCUT2D eigenvalue weighted by Crippen LogP contribution is 2.17. The van der Waals surface area contributed by atoms with Crippen molar-refractivity contribution in [3.05, 3.63) is 53.8 Å². The molecule has 6 nitrogen and oxygen atoms in total. The van der Waals surface area contributed by atoms with Crippen LogP contribution in [-0.4, -0.2) is 24.6 Å². The van der Waals surface area contributed by atoms with Crippen molar-refractivity contribution in [2.45, 2.75) is 20.0 Å². The number of ether oxygens (including phenoxy) is 2. The molecule has 25 heavy (non-hydrogen) atoms. The smallest absolute Gasteiger partial charge is 0.341 e. The van der Waals surface area contributed by atoms with Crippen molar-refractivity contribution in [2.24, 2.45) is 0 Å². The Kier molecular flexibility index (Phi) is 5.94. The second-order valence-electron chi connectivity index (χ2n) is 5.23. The summed E-state index contributed by atoms with van der Waals surface area (Å²) in [6.07, 6.45) is -1.05. The molecule has 2 aromatic carbocycles. The van der Waals surface area contributed by atoms with Gasteiger partial charge in [-0.3, -0.25) is 4.79 Å². The molecule has 0 saturated carbocycles. The number of hydrogen-bond donors (Lipinski definition) is 2. The highest BCUT2D eigenvalue weighted by atomic mass is 19.1. The molecule has 2 rings (SSSR count). The van der Waals surface area contributed by atoms with E-state index < -0.39 is 23.8 Å². The number of rotatable bonds is 6. The molecule has 0 aromatic heterocycles. The molecule has 3 N–H and O–H groups in total. The maximum absolute atomic E-state index is 13.0. The van der Waals surface area contributed by atoms with Crippen molar-refractivity contribution in [3.8, 4) is 5.75 Å². The van der Waals surface area contributed by atoms with Crippen LogP contribution in [0.15, 0.2) is 42.5 Å². The number of carbonyl (C=O) groups is 2. The first-order valence-electron chi connectivity index (χ1n) is 7.70. The standard InChI is InChI=1S/C18H19FN2O4/c1-3-24-14-7-5-13(6-8-14)21-17(22)11(2)25-18(23)15-9-4-12(19)10-16(15)20/h4-11H,3,20H2,1-2H3,(H,21,22)/t11-/m1/s1. The van der Waals surface area contributed by atoms with E-state index in [1.165, 1.54) is 13.0 Å². The Balaban J connectivity index is 1.96. The number of benzene rings is 2. The monoisotopic (exact) mass is 346 g/mol. The van der Waals surface area contributed by atoms with Crippen molar-refractivity contribution < 1.29 is 23.5 Å². The first-order valence-corrected chi connectivity index (χ1v) is 7.70. The Bertz CT molecular complexity index is 762. The number of nitrogens with two attached hydrogens (primary N) is 1. The zero-order valence-electron chi connectivity index (χ0n) is 13.9. The maximum Gasteiger partial charge on any atom is 0.341 e. The van der Waals surface area contributed by atoms with Crippen molar-refractivity contribution >= 4 is 23.3 Å². The zero-order chi connectivity index (χ0) is 18.4. The van der Waals surface area contributed by atoms with E-state index in [1.807, 2.05) is 6.92 Å². The minimum atomic E-state index is -1.05. The molecular formula is C18H19FN2O4. The number of carbonyl (C=O) groups excluding carboxylic acids is 2. The predicted molar refractivity (Wildman–Crippen MR) is 91.9 cm³/mol. The molecule has 1 atom stereocenters. The van der Waals surface area contributed by atoms with E-state index in [4.69, 9.17) is 15.2 Å². The number of esters is 1. The van der Waals surface area contributed by atoms with Crippen LogP contribution in [0.4, 0.5) is 15.8 Å². The van der Waals surface area contributed by atoms with Crippen molar-refractivity contribution in [1.29, 1.82) is 0 Å². The summed E-state index contributed by atoms with van der Waals surface area (Å²) in [6.45, 7) is 3.85. The second-order valence-corrected chi connectivity index (χ2v) is 5.23. The summed E-state index contributed by atoms with van der Waals surface area (Å²) in [5, 5.41) is 2.63. The Morgan fingerprint density at radius 1 is 1.20 bits per heavy atom. The number of anilines is 2. The first kappa shape index (κ1) is 18.3. The Hall–Kier alpha value is -3.09. The largest absolute Gasteiger partial charge is 0.494 e. The average molecular weight is 346 g/mol. The molecule has 0 aliphatic rings. The van der Waals surface area contributed by atoms with Gasteiger partial charge in [-0.15, -0.1) is 0 Å². The fraction of sp³-hybridized carbons (Fsp3) is 0.222. The average Bonchev–Trinajstić information content (AvgIpc) is 2.56. The fourth-order valence-electron chi connectivity index (χ4n) is 2.04. The third-order valence-electron chi connectivity index (χ3n) is 3.32. The predicted octanol–water partition coefficient (Wildman–Crippen LogP) is 2.99. The third-order valence-corrected chi connectivity index (χ3v) is 3.32. The van der Waals surface area contributed by atoms with E-state index in [2.05, 4.69) is 5.32 Å². The van der Waals surface area contributed by atoms with Crippen LogP contribution in [0.25, 0.3) is 0 Å². The van der Waals surface area contributed by atoms with Crippen LogP contribution in [0.2, 0.25) is 0 Å². The van der Waals surface area contributed by atoms with Crippen LogP contribution in [0, 0.1) is 5.82 Å². The second kappa shape index (κ2) is 8.14. The molecule has 2 aromatic rings. The van der Waals surface area contributed by atoms with Crippen LogP contribution < -0.4 is 15.8 Å². The molecule has 0 aliphatic carbocycles. The minimum absolute atomic E-state index is 0.00196. The van der Waals surface area contributed by atoms with Gasteiger partial charge in [-0.1, -0.05) is 0 Å². The van der Waals surface area contributed by atoms with Gasteiger partial charge in [-0.25, -0.2) is 9.18 Å². The zero-order valence-corrected chi connectivity index (χ0v) is 13.9. The van der Waals surface area contributed by atoms with Gasteiger partial charge in [-0.2, -0.15) is 0 Å². The summed E-state index contributed by atoms with van der Waals surface area (Å²) in [6, 6.07) is 10.1. The molecule has 0 spiro atoms. The third kappa shape index (κ3) is 4.94. The highest BCUT2D eigenvalue weighted by molar-refractivity contribution is 5.99. The molecule has 0 heterocycles. The van der Waals surface area contributed by atoms with E-state index in [1.54, 1.807) is 24.3 Å². The van der Waals surface area contributed by atoms with Gasteiger partial charge in [0.2, 0.25) is 0 Å². The normalized spacial score (nSPS) is 11.5. The number of nitrogens with one attached hydrogen (secondary N) is 1. The van der Waals surface area contributed by atoms with Crippen LogP contribution in [0.3, 0.4) is 0 Å². The van der Waals surface area contributed by atoms with Gasteiger partial charge < -0.3 is 20.5 Å². The lowest BCUT2D eigenvalue weighted by atomic mass is 10.2. The molecule has 0 unspecified atom stereocenters. The topological polar surface area (TPSA) is 90.6 Å². The summed E-state index contributed by atoms with van der Waals surface area (Å²) in [5.74, 6) is -1.17. The van der Waals surface area contributed by atoms with E-state index in [9.17, 15) is 14.0 Å². The highest BCUT2D eigenvalue weighted by Gasteiger charge is 2.20. The van der Waals surface area contributed by atoms with E-state index in [-0.39, 0.29) is 11.3 Å². The van der Waals surface area contributed by atoms with Gasteiger partial charge >= 0.3 is 5.97 Å². The molecule has 0 radical (unpaired) electrons. The molecule has 1 amide bonds. The Labute approximate surface area is 144 Å². The van der Waals surface area contributed by atoms with Crippen LogP contribution in [0.1, 0.15) is 24.2 Å². The molecule has 0 saturated heterocycles. The first-order chi connectivity index (χ1) is 11.9. The summed E-state index contributed by atoms with van der Waals surface area (Å²) < 4.78 is 23.4. The van der Waals surface area contributed by atoms with Crippen molar-refractivity contribution in [1.82, 2.24) is 0 Å². The molecule has 132 valence electrons. The quantitative estimate of drug-likeness (QED) is 0.620. The minimum Gasteiger partial charge on any atom is -0.494 e. The summed E-state index contributed by atoms with van der Waals surface area (Å²) in [5.41, 5.74) is 6.07. The van der Waals surface area contributed by atoms with Crippen molar-refractivity contribution in [3.63, 3.8) is 0 Å². The summed E-state index contributed by atoms with van der Waals surface area (Å²) >= 11 is 0. The summed E-state index contributed by atoms with van der Waals surface area (Å²) in [7, 11) is 0. The lowest BCUT2D eigenvalue weighted by molar-refractivity contribution is -0.123. The fourth-order valence-corrected chi connectivity index (χ4v) is 2.04. The van der Waals surface area contributed by atoms with Gasteiger partial charge in [-0.05, 0) is 56.3 Å². The SMILES string of the molecule is CCOc1ccc(NC(=O)[C@@H](C)OC(=O)c2ccc(F)cc2N)cc1. The van der Waals surface area contributed by atoms with Gasteiger partial charge in [0.15, 0.2) is 6.10 Å². The molecular weight excluding hydrogens is 327 g/mol.